The fraction of sp³-hybridized carbons (Fsp3) is 0.714. The number of ether oxygens (including phenoxy) is 2. The lowest BCUT2D eigenvalue weighted by Crippen LogP contribution is -2.38. The predicted molar refractivity (Wildman–Crippen MR) is 83.6 cm³/mol. The van der Waals surface area contributed by atoms with E-state index in [1.54, 1.807) is 7.11 Å². The second-order valence-corrected chi connectivity index (χ2v) is 4.61. The fourth-order valence-corrected chi connectivity index (χ4v) is 1.76. The van der Waals surface area contributed by atoms with Crippen LogP contribution in [0.15, 0.2) is 17.4 Å². The molecule has 0 radical (unpaired) electrons. The van der Waals surface area contributed by atoms with Gasteiger partial charge in [-0.05, 0) is 13.3 Å². The summed E-state index contributed by atoms with van der Waals surface area (Å²) in [5, 5.41) is 6.18. The highest BCUT2D eigenvalue weighted by molar-refractivity contribution is 5.79. The van der Waals surface area contributed by atoms with Gasteiger partial charge in [0.2, 0.25) is 0 Å². The Hall–Kier alpha value is -1.74. The molecule has 0 aliphatic rings. The lowest BCUT2D eigenvalue weighted by molar-refractivity contribution is 0.0671. The normalized spacial score (nSPS) is 12.0. The Balaban J connectivity index is 2.36. The number of halogens is 2. The zero-order valence-electron chi connectivity index (χ0n) is 13.6. The first-order valence-corrected chi connectivity index (χ1v) is 7.57. The van der Waals surface area contributed by atoms with Crippen molar-refractivity contribution in [3.05, 3.63) is 18.2 Å². The van der Waals surface area contributed by atoms with Gasteiger partial charge < -0.3 is 20.1 Å². The second-order valence-electron chi connectivity index (χ2n) is 4.61. The number of aromatic nitrogens is 2. The number of hydrogen-bond donors (Lipinski definition) is 2. The van der Waals surface area contributed by atoms with Crippen LogP contribution in [0.4, 0.5) is 8.78 Å². The van der Waals surface area contributed by atoms with Crippen molar-refractivity contribution < 1.29 is 18.3 Å². The Morgan fingerprint density at radius 2 is 2.17 bits per heavy atom. The summed E-state index contributed by atoms with van der Waals surface area (Å²) in [6, 6.07) is 0. The molecular formula is C14H25F2N5O2. The van der Waals surface area contributed by atoms with Crippen LogP contribution in [0.1, 0.15) is 25.7 Å². The maximum absolute atomic E-state index is 12.7. The molecule has 0 aliphatic carbocycles. The van der Waals surface area contributed by atoms with Crippen LogP contribution in [0, 0.1) is 0 Å². The third kappa shape index (κ3) is 7.89. The van der Waals surface area contributed by atoms with Gasteiger partial charge in [-0.2, -0.15) is 8.78 Å². The van der Waals surface area contributed by atoms with Crippen LogP contribution >= 0.6 is 0 Å². The number of nitrogens with one attached hydrogen (secondary N) is 2. The van der Waals surface area contributed by atoms with Gasteiger partial charge in [0.15, 0.2) is 5.96 Å². The fourth-order valence-electron chi connectivity index (χ4n) is 1.76. The molecule has 1 rings (SSSR count). The Labute approximate surface area is 135 Å². The molecule has 0 amide bonds. The number of hydrogen-bond acceptors (Lipinski definition) is 4. The summed E-state index contributed by atoms with van der Waals surface area (Å²) in [6.07, 6.45) is 3.39. The van der Waals surface area contributed by atoms with Crippen LogP contribution < -0.4 is 10.6 Å². The van der Waals surface area contributed by atoms with Gasteiger partial charge in [0, 0.05) is 39.2 Å². The number of imidazole rings is 1. The topological polar surface area (TPSA) is 72.7 Å². The zero-order chi connectivity index (χ0) is 16.9. The van der Waals surface area contributed by atoms with Crippen molar-refractivity contribution in [2.24, 2.45) is 4.99 Å². The lowest BCUT2D eigenvalue weighted by Gasteiger charge is -2.11. The zero-order valence-corrected chi connectivity index (χ0v) is 13.6. The van der Waals surface area contributed by atoms with Crippen molar-refractivity contribution in [1.29, 1.82) is 0 Å². The van der Waals surface area contributed by atoms with E-state index in [1.807, 2.05) is 6.92 Å². The first kappa shape index (κ1) is 19.3. The van der Waals surface area contributed by atoms with Crippen molar-refractivity contribution in [2.75, 3.05) is 40.0 Å². The lowest BCUT2D eigenvalue weighted by atomic mass is 10.4. The van der Waals surface area contributed by atoms with E-state index in [0.717, 1.165) is 11.0 Å². The summed E-state index contributed by atoms with van der Waals surface area (Å²) in [5.41, 5.74) is 0. The highest BCUT2D eigenvalue weighted by Crippen LogP contribution is 2.12. The largest absolute Gasteiger partial charge is 0.382 e. The van der Waals surface area contributed by atoms with E-state index in [4.69, 9.17) is 9.47 Å². The second kappa shape index (κ2) is 11.8. The monoisotopic (exact) mass is 333 g/mol. The van der Waals surface area contributed by atoms with E-state index in [2.05, 4.69) is 20.6 Å². The molecule has 0 unspecified atom stereocenters. The molecule has 0 aromatic carbocycles. The number of guanidine groups is 1. The summed E-state index contributed by atoms with van der Waals surface area (Å²) >= 11 is 0. The summed E-state index contributed by atoms with van der Waals surface area (Å²) in [5.74, 6) is 0.785. The van der Waals surface area contributed by atoms with Gasteiger partial charge in [0.1, 0.15) is 12.4 Å². The van der Waals surface area contributed by atoms with Crippen molar-refractivity contribution in [3.63, 3.8) is 0 Å². The molecule has 0 saturated carbocycles. The predicted octanol–water partition coefficient (Wildman–Crippen LogP) is 1.39. The highest BCUT2D eigenvalue weighted by atomic mass is 19.3. The average molecular weight is 333 g/mol. The summed E-state index contributed by atoms with van der Waals surface area (Å²) in [4.78, 5) is 8.16. The Kier molecular flexibility index (Phi) is 9.89. The van der Waals surface area contributed by atoms with E-state index >= 15 is 0 Å². The molecule has 0 bridgehead atoms. The summed E-state index contributed by atoms with van der Waals surface area (Å²) < 4.78 is 36.5. The molecule has 23 heavy (non-hydrogen) atoms. The standard InChI is InChI=1S/C14H25F2N5O2/c1-3-17-14(19-5-4-8-23-10-9-22-2)20-11-12-18-6-7-21(12)13(15)16/h6-7,13H,3-5,8-11H2,1-2H3,(H2,17,19,20). The highest BCUT2D eigenvalue weighted by Gasteiger charge is 2.10. The molecule has 9 heteroatoms. The van der Waals surface area contributed by atoms with Crippen LogP contribution in [0.3, 0.4) is 0 Å². The molecule has 1 heterocycles. The van der Waals surface area contributed by atoms with E-state index in [9.17, 15) is 8.78 Å². The molecule has 0 atom stereocenters. The smallest absolute Gasteiger partial charge is 0.319 e. The molecule has 132 valence electrons. The molecular weight excluding hydrogens is 308 g/mol. The summed E-state index contributed by atoms with van der Waals surface area (Å²) in [7, 11) is 1.63. The molecule has 0 spiro atoms. The van der Waals surface area contributed by atoms with Crippen LogP contribution in [0.25, 0.3) is 0 Å². The molecule has 1 aromatic rings. The summed E-state index contributed by atoms with van der Waals surface area (Å²) in [6.45, 7) is 2.52. The third-order valence-corrected chi connectivity index (χ3v) is 2.87. The van der Waals surface area contributed by atoms with Gasteiger partial charge in [0.05, 0.1) is 13.2 Å². The minimum absolute atomic E-state index is 0.0804. The maximum Gasteiger partial charge on any atom is 0.319 e. The van der Waals surface area contributed by atoms with E-state index in [1.165, 1.54) is 12.4 Å². The molecule has 0 fully saturated rings. The van der Waals surface area contributed by atoms with Gasteiger partial charge in [-0.25, -0.2) is 9.98 Å². The Morgan fingerprint density at radius 1 is 1.35 bits per heavy atom. The third-order valence-electron chi connectivity index (χ3n) is 2.87. The quantitative estimate of drug-likeness (QED) is 0.364. The van der Waals surface area contributed by atoms with Crippen LogP contribution in [-0.4, -0.2) is 55.5 Å². The first-order chi connectivity index (χ1) is 11.2. The molecule has 0 aliphatic heterocycles. The van der Waals surface area contributed by atoms with Gasteiger partial charge >= 0.3 is 6.55 Å². The van der Waals surface area contributed by atoms with Gasteiger partial charge in [-0.1, -0.05) is 0 Å². The molecule has 1 aromatic heterocycles. The average Bonchev–Trinajstić information content (AvgIpc) is 3.00. The first-order valence-electron chi connectivity index (χ1n) is 7.57. The van der Waals surface area contributed by atoms with Crippen molar-refractivity contribution in [1.82, 2.24) is 20.2 Å². The van der Waals surface area contributed by atoms with Crippen molar-refractivity contribution >= 4 is 5.96 Å². The minimum Gasteiger partial charge on any atom is -0.382 e. The maximum atomic E-state index is 12.7. The van der Waals surface area contributed by atoms with Crippen LogP contribution in [0.2, 0.25) is 0 Å². The molecule has 7 nitrogen and oxygen atoms in total. The SMILES string of the molecule is CCNC(=NCc1nccn1C(F)F)NCCCOCCOC. The van der Waals surface area contributed by atoms with E-state index in [0.29, 0.717) is 38.9 Å². The van der Waals surface area contributed by atoms with Gasteiger partial charge in [-0.3, -0.25) is 4.57 Å². The Bertz CT molecular complexity index is 454. The van der Waals surface area contributed by atoms with Crippen LogP contribution in [0.5, 0.6) is 0 Å². The van der Waals surface area contributed by atoms with Crippen LogP contribution in [-0.2, 0) is 16.0 Å². The van der Waals surface area contributed by atoms with E-state index in [-0.39, 0.29) is 12.4 Å². The molecule has 2 N–H and O–H groups in total. The van der Waals surface area contributed by atoms with Gasteiger partial charge in [-0.15, -0.1) is 0 Å². The number of rotatable bonds is 11. The number of nitrogens with zero attached hydrogens (tertiary/aromatic N) is 3. The number of methoxy groups -OCH3 is 1. The Morgan fingerprint density at radius 3 is 2.87 bits per heavy atom. The van der Waals surface area contributed by atoms with Crippen molar-refractivity contribution in [2.45, 2.75) is 26.4 Å². The van der Waals surface area contributed by atoms with Gasteiger partial charge in [0.25, 0.3) is 0 Å². The van der Waals surface area contributed by atoms with Crippen molar-refractivity contribution in [3.8, 4) is 0 Å². The number of alkyl halides is 2. The minimum atomic E-state index is -2.61. The number of aliphatic imine (C=N–C) groups is 1. The van der Waals surface area contributed by atoms with E-state index < -0.39 is 6.55 Å². The molecule has 0 saturated heterocycles.